The molecule has 0 radical (unpaired) electrons. The summed E-state index contributed by atoms with van der Waals surface area (Å²) in [5.74, 6) is 0. The minimum Gasteiger partial charge on any atom is -0.384 e. The van der Waals surface area contributed by atoms with E-state index in [1.54, 1.807) is 12.4 Å². The number of aliphatic hydroxyl groups excluding tert-OH is 1. The molecule has 0 saturated heterocycles. The third-order valence-corrected chi connectivity index (χ3v) is 3.30. The average molecular weight is 255 g/mol. The maximum atomic E-state index is 10.4. The predicted octanol–water partition coefficient (Wildman–Crippen LogP) is 3.77. The van der Waals surface area contributed by atoms with E-state index in [1.807, 2.05) is 25.1 Å². The van der Waals surface area contributed by atoms with E-state index in [1.165, 1.54) is 5.56 Å². The molecule has 1 heterocycles. The van der Waals surface area contributed by atoms with Crippen LogP contribution in [-0.2, 0) is 5.41 Å². The van der Waals surface area contributed by atoms with Gasteiger partial charge in [0.25, 0.3) is 0 Å². The van der Waals surface area contributed by atoms with Crippen molar-refractivity contribution in [2.75, 3.05) is 0 Å². The topological polar surface area (TPSA) is 33.1 Å². The van der Waals surface area contributed by atoms with E-state index in [9.17, 15) is 5.11 Å². The number of pyridine rings is 1. The summed E-state index contributed by atoms with van der Waals surface area (Å²) in [5, 5.41) is 10.4. The Hall–Kier alpha value is -1.67. The molecule has 100 valence electrons. The summed E-state index contributed by atoms with van der Waals surface area (Å²) in [5.41, 5.74) is 4.20. The zero-order chi connectivity index (χ0) is 14.0. The molecule has 1 aromatic heterocycles. The molecule has 1 atom stereocenters. The van der Waals surface area contributed by atoms with E-state index in [2.05, 4.69) is 37.9 Å². The minimum absolute atomic E-state index is 0.133. The van der Waals surface area contributed by atoms with Crippen molar-refractivity contribution in [3.63, 3.8) is 0 Å². The van der Waals surface area contributed by atoms with Crippen molar-refractivity contribution in [2.45, 2.75) is 39.2 Å². The lowest BCUT2D eigenvalue weighted by Crippen LogP contribution is -2.11. The number of nitrogens with zero attached hydrogens (tertiary/aromatic N) is 1. The summed E-state index contributed by atoms with van der Waals surface area (Å²) in [7, 11) is 0. The maximum Gasteiger partial charge on any atom is 0.106 e. The fraction of sp³-hybridized carbons (Fsp3) is 0.353. The number of hydrogen-bond donors (Lipinski definition) is 1. The van der Waals surface area contributed by atoms with E-state index >= 15 is 0 Å². The highest BCUT2D eigenvalue weighted by atomic mass is 16.3. The van der Waals surface area contributed by atoms with Crippen molar-refractivity contribution in [1.29, 1.82) is 0 Å². The molecule has 0 saturated carbocycles. The lowest BCUT2D eigenvalue weighted by Gasteiger charge is -2.20. The standard InChI is InChI=1S/C17H21NO/c1-12-9-14(11-18-10-12)16(19)13-5-7-15(8-6-13)17(2,3)4/h5-11,16,19H,1-4H3. The summed E-state index contributed by atoms with van der Waals surface area (Å²) in [6.07, 6.45) is 2.90. The van der Waals surface area contributed by atoms with Crippen LogP contribution in [0.4, 0.5) is 0 Å². The van der Waals surface area contributed by atoms with E-state index in [-0.39, 0.29) is 5.41 Å². The first kappa shape index (κ1) is 13.8. The van der Waals surface area contributed by atoms with Crippen LogP contribution in [0.3, 0.4) is 0 Å². The fourth-order valence-corrected chi connectivity index (χ4v) is 2.09. The monoisotopic (exact) mass is 255 g/mol. The zero-order valence-electron chi connectivity index (χ0n) is 12.0. The number of aromatic nitrogens is 1. The summed E-state index contributed by atoms with van der Waals surface area (Å²) >= 11 is 0. The Bertz CT molecular complexity index is 552. The zero-order valence-corrected chi connectivity index (χ0v) is 12.0. The molecule has 0 spiro atoms. The van der Waals surface area contributed by atoms with Crippen LogP contribution < -0.4 is 0 Å². The molecule has 0 aliphatic heterocycles. The molecule has 2 aromatic rings. The Morgan fingerprint density at radius 2 is 1.63 bits per heavy atom. The third-order valence-electron chi connectivity index (χ3n) is 3.30. The molecule has 19 heavy (non-hydrogen) atoms. The highest BCUT2D eigenvalue weighted by molar-refractivity contribution is 5.33. The van der Waals surface area contributed by atoms with Gasteiger partial charge >= 0.3 is 0 Å². The average Bonchev–Trinajstić information content (AvgIpc) is 2.37. The molecule has 0 fully saturated rings. The van der Waals surface area contributed by atoms with Crippen molar-refractivity contribution in [3.8, 4) is 0 Å². The second-order valence-electron chi connectivity index (χ2n) is 6.07. The summed E-state index contributed by atoms with van der Waals surface area (Å²) in [6.45, 7) is 8.53. The van der Waals surface area contributed by atoms with Gasteiger partial charge in [-0.05, 0) is 29.0 Å². The van der Waals surface area contributed by atoms with Gasteiger partial charge in [-0.15, -0.1) is 0 Å². The fourth-order valence-electron chi connectivity index (χ4n) is 2.09. The molecule has 0 aliphatic carbocycles. The van der Waals surface area contributed by atoms with Gasteiger partial charge in [0.05, 0.1) is 0 Å². The van der Waals surface area contributed by atoms with Gasteiger partial charge in [0, 0.05) is 18.0 Å². The number of aryl methyl sites for hydroxylation is 1. The number of aliphatic hydroxyl groups is 1. The molecule has 2 rings (SSSR count). The molecule has 1 unspecified atom stereocenters. The van der Waals surface area contributed by atoms with Gasteiger partial charge in [0.15, 0.2) is 0 Å². The van der Waals surface area contributed by atoms with Crippen LogP contribution in [0, 0.1) is 6.92 Å². The first-order valence-corrected chi connectivity index (χ1v) is 6.58. The Kier molecular flexibility index (Phi) is 3.72. The van der Waals surface area contributed by atoms with Crippen LogP contribution in [-0.4, -0.2) is 10.1 Å². The van der Waals surface area contributed by atoms with Crippen LogP contribution in [0.1, 0.15) is 49.1 Å². The van der Waals surface area contributed by atoms with Gasteiger partial charge in [-0.2, -0.15) is 0 Å². The van der Waals surface area contributed by atoms with Crippen molar-refractivity contribution < 1.29 is 5.11 Å². The highest BCUT2D eigenvalue weighted by Gasteiger charge is 2.15. The van der Waals surface area contributed by atoms with Crippen LogP contribution >= 0.6 is 0 Å². The first-order chi connectivity index (χ1) is 8.88. The van der Waals surface area contributed by atoms with Gasteiger partial charge in [0.1, 0.15) is 6.10 Å². The SMILES string of the molecule is Cc1cncc(C(O)c2ccc(C(C)(C)C)cc2)c1. The maximum absolute atomic E-state index is 10.4. The quantitative estimate of drug-likeness (QED) is 0.886. The largest absolute Gasteiger partial charge is 0.384 e. The van der Waals surface area contributed by atoms with Crippen LogP contribution in [0.2, 0.25) is 0 Å². The van der Waals surface area contributed by atoms with Gasteiger partial charge in [-0.1, -0.05) is 51.1 Å². The second-order valence-corrected chi connectivity index (χ2v) is 6.07. The first-order valence-electron chi connectivity index (χ1n) is 6.58. The van der Waals surface area contributed by atoms with Crippen molar-refractivity contribution >= 4 is 0 Å². The lowest BCUT2D eigenvalue weighted by molar-refractivity contribution is 0.219. The van der Waals surface area contributed by atoms with Crippen molar-refractivity contribution in [1.82, 2.24) is 4.98 Å². The lowest BCUT2D eigenvalue weighted by atomic mass is 9.86. The highest BCUT2D eigenvalue weighted by Crippen LogP contribution is 2.26. The van der Waals surface area contributed by atoms with Crippen molar-refractivity contribution in [3.05, 3.63) is 65.0 Å². The number of hydrogen-bond acceptors (Lipinski definition) is 2. The van der Waals surface area contributed by atoms with E-state index in [4.69, 9.17) is 0 Å². The molecule has 0 bridgehead atoms. The molecular weight excluding hydrogens is 234 g/mol. The molecule has 0 aliphatic rings. The molecular formula is C17H21NO. The molecule has 2 heteroatoms. The van der Waals surface area contributed by atoms with Crippen LogP contribution in [0.25, 0.3) is 0 Å². The van der Waals surface area contributed by atoms with E-state index in [0.717, 1.165) is 16.7 Å². The van der Waals surface area contributed by atoms with Gasteiger partial charge in [-0.25, -0.2) is 0 Å². The summed E-state index contributed by atoms with van der Waals surface area (Å²) in [6, 6.07) is 10.1. The number of rotatable bonds is 2. The number of benzene rings is 1. The normalized spacial score (nSPS) is 13.3. The Morgan fingerprint density at radius 3 is 2.16 bits per heavy atom. The molecule has 2 nitrogen and oxygen atoms in total. The smallest absolute Gasteiger partial charge is 0.106 e. The van der Waals surface area contributed by atoms with Gasteiger partial charge in [-0.3, -0.25) is 4.98 Å². The van der Waals surface area contributed by atoms with E-state index < -0.39 is 6.10 Å². The van der Waals surface area contributed by atoms with Gasteiger partial charge in [0.2, 0.25) is 0 Å². The Morgan fingerprint density at radius 1 is 1.00 bits per heavy atom. The van der Waals surface area contributed by atoms with Crippen LogP contribution in [0.5, 0.6) is 0 Å². The van der Waals surface area contributed by atoms with Crippen molar-refractivity contribution in [2.24, 2.45) is 0 Å². The molecule has 1 aromatic carbocycles. The summed E-state index contributed by atoms with van der Waals surface area (Å²) < 4.78 is 0. The summed E-state index contributed by atoms with van der Waals surface area (Å²) in [4.78, 5) is 4.13. The molecule has 0 amide bonds. The second kappa shape index (κ2) is 5.14. The molecule has 1 N–H and O–H groups in total. The van der Waals surface area contributed by atoms with Crippen LogP contribution in [0.15, 0.2) is 42.7 Å². The minimum atomic E-state index is -0.610. The Balaban J connectivity index is 2.27. The predicted molar refractivity (Wildman–Crippen MR) is 78.2 cm³/mol. The third kappa shape index (κ3) is 3.21. The van der Waals surface area contributed by atoms with E-state index in [0.29, 0.717) is 0 Å². The Labute approximate surface area is 115 Å². The van der Waals surface area contributed by atoms with Gasteiger partial charge < -0.3 is 5.11 Å².